The summed E-state index contributed by atoms with van der Waals surface area (Å²) < 4.78 is 0. The van der Waals surface area contributed by atoms with Gasteiger partial charge in [-0.3, -0.25) is 0 Å². The molecule has 96 valence electrons. The summed E-state index contributed by atoms with van der Waals surface area (Å²) in [4.78, 5) is 2.89. The molecule has 1 aromatic heterocycles. The third kappa shape index (κ3) is 3.23. The van der Waals surface area contributed by atoms with Gasteiger partial charge in [0.2, 0.25) is 0 Å². The van der Waals surface area contributed by atoms with Crippen LogP contribution in [0.2, 0.25) is 0 Å². The molecule has 0 saturated carbocycles. The third-order valence-corrected chi connectivity index (χ3v) is 4.27. The number of benzene rings is 1. The van der Waals surface area contributed by atoms with Crippen molar-refractivity contribution >= 4 is 11.3 Å². The van der Waals surface area contributed by atoms with Crippen LogP contribution in [0.15, 0.2) is 36.4 Å². The highest BCUT2D eigenvalue weighted by atomic mass is 32.1. The molecule has 0 aliphatic heterocycles. The average molecular weight is 258 g/mol. The van der Waals surface area contributed by atoms with Gasteiger partial charge in [0, 0.05) is 9.75 Å². The summed E-state index contributed by atoms with van der Waals surface area (Å²) >= 11 is 1.93. The van der Waals surface area contributed by atoms with Gasteiger partial charge in [0.05, 0.1) is 0 Å². The molecule has 0 aliphatic rings. The molecule has 0 unspecified atom stereocenters. The fraction of sp³-hybridized carbons (Fsp3) is 0.412. The van der Waals surface area contributed by atoms with Crippen molar-refractivity contribution in [2.75, 3.05) is 0 Å². The van der Waals surface area contributed by atoms with Crippen LogP contribution < -0.4 is 0 Å². The van der Waals surface area contributed by atoms with Crippen LogP contribution in [-0.2, 0) is 6.42 Å². The van der Waals surface area contributed by atoms with Gasteiger partial charge < -0.3 is 0 Å². The van der Waals surface area contributed by atoms with Crippen LogP contribution in [0.25, 0.3) is 10.4 Å². The van der Waals surface area contributed by atoms with E-state index in [1.54, 1.807) is 0 Å². The molecule has 0 fully saturated rings. The average Bonchev–Trinajstić information content (AvgIpc) is 2.77. The quantitative estimate of drug-likeness (QED) is 0.656. The lowest BCUT2D eigenvalue weighted by Crippen LogP contribution is -1.89. The van der Waals surface area contributed by atoms with Crippen molar-refractivity contribution in [3.05, 3.63) is 46.8 Å². The summed E-state index contributed by atoms with van der Waals surface area (Å²) in [6.07, 6.45) is 1.19. The van der Waals surface area contributed by atoms with Gasteiger partial charge in [-0.05, 0) is 41.5 Å². The van der Waals surface area contributed by atoms with Crippen molar-refractivity contribution in [2.45, 2.75) is 40.0 Å². The highest BCUT2D eigenvalue weighted by Gasteiger charge is 2.06. The molecule has 0 saturated heterocycles. The zero-order valence-electron chi connectivity index (χ0n) is 11.7. The molecule has 1 heteroatoms. The van der Waals surface area contributed by atoms with Crippen molar-refractivity contribution in [3.63, 3.8) is 0 Å². The monoisotopic (exact) mass is 258 g/mol. The minimum atomic E-state index is 0.597. The zero-order valence-corrected chi connectivity index (χ0v) is 12.6. The maximum atomic E-state index is 2.33. The predicted molar refractivity (Wildman–Crippen MR) is 82.4 cm³/mol. The van der Waals surface area contributed by atoms with Gasteiger partial charge in [0.15, 0.2) is 0 Å². The Hall–Kier alpha value is -1.08. The highest BCUT2D eigenvalue weighted by Crippen LogP contribution is 2.31. The summed E-state index contributed by atoms with van der Waals surface area (Å²) in [6, 6.07) is 13.5. The summed E-state index contributed by atoms with van der Waals surface area (Å²) in [5, 5.41) is 0. The van der Waals surface area contributed by atoms with Crippen LogP contribution in [0.1, 0.15) is 44.1 Å². The van der Waals surface area contributed by atoms with Crippen molar-refractivity contribution in [2.24, 2.45) is 5.92 Å². The van der Waals surface area contributed by atoms with E-state index in [9.17, 15) is 0 Å². The minimum Gasteiger partial charge on any atom is -0.140 e. The van der Waals surface area contributed by atoms with Gasteiger partial charge in [0.1, 0.15) is 0 Å². The van der Waals surface area contributed by atoms with Gasteiger partial charge in [-0.1, -0.05) is 52.0 Å². The number of thiophene rings is 1. The number of hydrogen-bond acceptors (Lipinski definition) is 1. The zero-order chi connectivity index (χ0) is 13.1. The first-order chi connectivity index (χ1) is 8.56. The first-order valence-corrected chi connectivity index (χ1v) is 7.57. The van der Waals surface area contributed by atoms with E-state index in [0.29, 0.717) is 5.92 Å². The van der Waals surface area contributed by atoms with Gasteiger partial charge >= 0.3 is 0 Å². The van der Waals surface area contributed by atoms with Crippen LogP contribution in [0.3, 0.4) is 0 Å². The molecule has 0 nitrogen and oxygen atoms in total. The second-order valence-corrected chi connectivity index (χ2v) is 6.81. The summed E-state index contributed by atoms with van der Waals surface area (Å²) in [7, 11) is 0. The van der Waals surface area contributed by atoms with E-state index < -0.39 is 0 Å². The Labute approximate surface area is 115 Å². The fourth-order valence-corrected chi connectivity index (χ4v) is 3.31. The summed E-state index contributed by atoms with van der Waals surface area (Å²) in [5.74, 6) is 1.33. The van der Waals surface area contributed by atoms with E-state index in [1.807, 2.05) is 11.3 Å². The molecule has 2 aromatic rings. The molecule has 0 radical (unpaired) electrons. The van der Waals surface area contributed by atoms with E-state index in [-0.39, 0.29) is 0 Å². The Morgan fingerprint density at radius 1 is 1.00 bits per heavy atom. The Balaban J connectivity index is 2.25. The second-order valence-electron chi connectivity index (χ2n) is 5.64. The van der Waals surface area contributed by atoms with Gasteiger partial charge in [-0.15, -0.1) is 11.3 Å². The smallest absolute Gasteiger partial charge is 0.0345 e. The van der Waals surface area contributed by atoms with Crippen molar-refractivity contribution < 1.29 is 0 Å². The molecule has 0 N–H and O–H groups in total. The lowest BCUT2D eigenvalue weighted by atomic mass is 10.0. The Morgan fingerprint density at radius 3 is 2.44 bits per heavy atom. The van der Waals surface area contributed by atoms with Gasteiger partial charge in [-0.2, -0.15) is 0 Å². The highest BCUT2D eigenvalue weighted by molar-refractivity contribution is 7.15. The van der Waals surface area contributed by atoms with Crippen molar-refractivity contribution in [1.82, 2.24) is 0 Å². The summed E-state index contributed by atoms with van der Waals surface area (Å²) in [5.41, 5.74) is 2.78. The van der Waals surface area contributed by atoms with Gasteiger partial charge in [-0.25, -0.2) is 0 Å². The Kier molecular flexibility index (Phi) is 4.23. The van der Waals surface area contributed by atoms with Crippen LogP contribution >= 0.6 is 11.3 Å². The Morgan fingerprint density at radius 2 is 1.78 bits per heavy atom. The molecular formula is C17H22S. The van der Waals surface area contributed by atoms with E-state index >= 15 is 0 Å². The van der Waals surface area contributed by atoms with Crippen LogP contribution in [-0.4, -0.2) is 0 Å². The van der Waals surface area contributed by atoms with Crippen LogP contribution in [0, 0.1) is 5.92 Å². The van der Waals surface area contributed by atoms with E-state index in [2.05, 4.69) is 64.1 Å². The van der Waals surface area contributed by atoms with Crippen molar-refractivity contribution in [1.29, 1.82) is 0 Å². The van der Waals surface area contributed by atoms with Gasteiger partial charge in [0.25, 0.3) is 0 Å². The standard InChI is InChI=1S/C17H22S/c1-12(2)10-16-8-9-17(18-16)15-7-5-6-14(11-15)13(3)4/h5-9,11-13H,10H2,1-4H3. The normalized spacial score (nSPS) is 11.4. The molecule has 0 atom stereocenters. The molecular weight excluding hydrogens is 236 g/mol. The first-order valence-electron chi connectivity index (χ1n) is 6.75. The molecule has 18 heavy (non-hydrogen) atoms. The second kappa shape index (κ2) is 5.71. The fourth-order valence-electron chi connectivity index (χ4n) is 2.10. The molecule has 0 aliphatic carbocycles. The lowest BCUT2D eigenvalue weighted by molar-refractivity contribution is 0.654. The van der Waals surface area contributed by atoms with E-state index in [0.717, 1.165) is 5.92 Å². The van der Waals surface area contributed by atoms with E-state index in [4.69, 9.17) is 0 Å². The van der Waals surface area contributed by atoms with Crippen LogP contribution in [0.4, 0.5) is 0 Å². The van der Waals surface area contributed by atoms with Crippen LogP contribution in [0.5, 0.6) is 0 Å². The minimum absolute atomic E-state index is 0.597. The molecule has 1 heterocycles. The third-order valence-electron chi connectivity index (χ3n) is 3.11. The number of rotatable bonds is 4. The topological polar surface area (TPSA) is 0 Å². The first kappa shape index (κ1) is 13.4. The Bertz CT molecular complexity index is 506. The predicted octanol–water partition coefficient (Wildman–Crippen LogP) is 5.74. The van der Waals surface area contributed by atoms with E-state index in [1.165, 1.54) is 27.3 Å². The number of hydrogen-bond donors (Lipinski definition) is 0. The lowest BCUT2D eigenvalue weighted by Gasteiger charge is -2.06. The molecule has 0 bridgehead atoms. The summed E-state index contributed by atoms with van der Waals surface area (Å²) in [6.45, 7) is 9.05. The molecule has 0 amide bonds. The molecule has 2 rings (SSSR count). The van der Waals surface area contributed by atoms with Crippen molar-refractivity contribution in [3.8, 4) is 10.4 Å². The largest absolute Gasteiger partial charge is 0.140 e. The maximum Gasteiger partial charge on any atom is 0.0345 e. The maximum absolute atomic E-state index is 2.33. The SMILES string of the molecule is CC(C)Cc1ccc(-c2cccc(C(C)C)c2)s1. The molecule has 1 aromatic carbocycles. The molecule has 0 spiro atoms.